The first-order valence-electron chi connectivity index (χ1n) is 6.60. The van der Waals surface area contributed by atoms with E-state index in [2.05, 4.69) is 5.32 Å². The molecule has 1 aliphatic rings. The largest absolute Gasteiger partial charge is 0.493 e. The molecule has 3 N–H and O–H groups in total. The lowest BCUT2D eigenvalue weighted by Crippen LogP contribution is -2.14. The van der Waals surface area contributed by atoms with Crippen molar-refractivity contribution in [2.75, 3.05) is 11.9 Å². The average Bonchev–Trinajstić information content (AvgIpc) is 2.94. The Labute approximate surface area is 127 Å². The normalized spacial score (nSPS) is 12.4. The molecule has 0 unspecified atom stereocenters. The van der Waals surface area contributed by atoms with Crippen LogP contribution < -0.4 is 15.8 Å². The van der Waals surface area contributed by atoms with Gasteiger partial charge in [-0.2, -0.15) is 0 Å². The molecule has 1 heterocycles. The second-order valence-electron chi connectivity index (χ2n) is 4.82. The summed E-state index contributed by atoms with van der Waals surface area (Å²) in [4.78, 5) is 12.6. The smallest absolute Gasteiger partial charge is 0.255 e. The zero-order valence-corrected chi connectivity index (χ0v) is 12.1. The van der Waals surface area contributed by atoms with Gasteiger partial charge in [-0.1, -0.05) is 24.4 Å². The van der Waals surface area contributed by atoms with E-state index < -0.39 is 0 Å². The number of nitrogens with two attached hydrogens (primary N) is 1. The van der Waals surface area contributed by atoms with Crippen LogP contribution >= 0.6 is 12.2 Å². The zero-order valence-electron chi connectivity index (χ0n) is 11.3. The fraction of sp³-hybridized carbons (Fsp3) is 0.125. The molecule has 0 aromatic heterocycles. The summed E-state index contributed by atoms with van der Waals surface area (Å²) in [5.74, 6) is 0.701. The highest BCUT2D eigenvalue weighted by Crippen LogP contribution is 2.26. The van der Waals surface area contributed by atoms with Crippen LogP contribution in [-0.4, -0.2) is 17.5 Å². The molecule has 3 rings (SSSR count). The van der Waals surface area contributed by atoms with E-state index in [9.17, 15) is 4.79 Å². The van der Waals surface area contributed by atoms with Gasteiger partial charge in [-0.05, 0) is 35.9 Å². The van der Waals surface area contributed by atoms with E-state index in [0.29, 0.717) is 22.8 Å². The van der Waals surface area contributed by atoms with Crippen LogP contribution in [0.4, 0.5) is 5.69 Å². The van der Waals surface area contributed by atoms with Crippen LogP contribution in [0.2, 0.25) is 0 Å². The van der Waals surface area contributed by atoms with Crippen molar-refractivity contribution in [3.8, 4) is 5.75 Å². The van der Waals surface area contributed by atoms with Gasteiger partial charge in [0.2, 0.25) is 0 Å². The molecule has 5 heteroatoms. The molecular formula is C16H14N2O2S. The van der Waals surface area contributed by atoms with Gasteiger partial charge in [0.1, 0.15) is 10.7 Å². The van der Waals surface area contributed by atoms with Gasteiger partial charge in [0, 0.05) is 23.2 Å². The first-order valence-corrected chi connectivity index (χ1v) is 7.01. The summed E-state index contributed by atoms with van der Waals surface area (Å²) in [5, 5.41) is 2.85. The maximum atomic E-state index is 12.3. The Bertz CT molecular complexity index is 728. The molecule has 4 nitrogen and oxygen atoms in total. The van der Waals surface area contributed by atoms with Crippen LogP contribution in [-0.2, 0) is 6.42 Å². The third-order valence-electron chi connectivity index (χ3n) is 3.36. The van der Waals surface area contributed by atoms with Crippen molar-refractivity contribution in [1.29, 1.82) is 0 Å². The van der Waals surface area contributed by atoms with Gasteiger partial charge in [-0.25, -0.2) is 0 Å². The Kier molecular flexibility index (Phi) is 3.58. The van der Waals surface area contributed by atoms with E-state index in [0.717, 1.165) is 23.3 Å². The Hall–Kier alpha value is -2.40. The summed E-state index contributed by atoms with van der Waals surface area (Å²) in [6.45, 7) is 0.677. The van der Waals surface area contributed by atoms with E-state index in [-0.39, 0.29) is 5.91 Å². The molecule has 0 aliphatic carbocycles. The topological polar surface area (TPSA) is 64.3 Å². The van der Waals surface area contributed by atoms with Crippen LogP contribution in [0.3, 0.4) is 0 Å². The fourth-order valence-electron chi connectivity index (χ4n) is 2.28. The summed E-state index contributed by atoms with van der Waals surface area (Å²) < 4.78 is 5.43. The first kappa shape index (κ1) is 13.6. The van der Waals surface area contributed by atoms with Crippen LogP contribution in [0.1, 0.15) is 21.5 Å². The Morgan fingerprint density at radius 2 is 2.05 bits per heavy atom. The summed E-state index contributed by atoms with van der Waals surface area (Å²) in [7, 11) is 0. The zero-order chi connectivity index (χ0) is 14.8. The van der Waals surface area contributed by atoms with Crippen LogP contribution in [0.15, 0.2) is 42.5 Å². The van der Waals surface area contributed by atoms with Crippen LogP contribution in [0.5, 0.6) is 5.75 Å². The number of benzene rings is 2. The lowest BCUT2D eigenvalue weighted by molar-refractivity contribution is 0.102. The highest BCUT2D eigenvalue weighted by atomic mass is 32.1. The van der Waals surface area contributed by atoms with Crippen molar-refractivity contribution < 1.29 is 9.53 Å². The summed E-state index contributed by atoms with van der Waals surface area (Å²) in [6.07, 6.45) is 0.841. The molecule has 0 saturated heterocycles. The van der Waals surface area contributed by atoms with Crippen molar-refractivity contribution in [3.63, 3.8) is 0 Å². The number of carbonyl (C=O) groups is 1. The third kappa shape index (κ3) is 2.87. The lowest BCUT2D eigenvalue weighted by Gasteiger charge is -2.08. The predicted molar refractivity (Wildman–Crippen MR) is 85.9 cm³/mol. The van der Waals surface area contributed by atoms with Crippen molar-refractivity contribution in [1.82, 2.24) is 0 Å². The van der Waals surface area contributed by atoms with Gasteiger partial charge in [0.25, 0.3) is 5.91 Å². The van der Waals surface area contributed by atoms with E-state index in [4.69, 9.17) is 22.7 Å². The summed E-state index contributed by atoms with van der Waals surface area (Å²) >= 11 is 4.93. The van der Waals surface area contributed by atoms with Gasteiger partial charge in [-0.15, -0.1) is 0 Å². The minimum Gasteiger partial charge on any atom is -0.493 e. The molecule has 2 aromatic rings. The number of anilines is 1. The van der Waals surface area contributed by atoms with Crippen LogP contribution in [0, 0.1) is 0 Å². The number of ether oxygens (including phenoxy) is 1. The monoisotopic (exact) mass is 298 g/mol. The first-order chi connectivity index (χ1) is 10.1. The molecule has 0 atom stereocenters. The molecular weight excluding hydrogens is 284 g/mol. The van der Waals surface area contributed by atoms with Crippen molar-refractivity contribution in [3.05, 3.63) is 59.2 Å². The molecule has 0 spiro atoms. The maximum absolute atomic E-state index is 12.3. The third-order valence-corrected chi connectivity index (χ3v) is 3.59. The number of nitrogens with one attached hydrogen (secondary N) is 1. The molecule has 0 saturated carbocycles. The summed E-state index contributed by atoms with van der Waals surface area (Å²) in [6, 6.07) is 12.6. The second kappa shape index (κ2) is 5.54. The average molecular weight is 298 g/mol. The van der Waals surface area contributed by atoms with Gasteiger partial charge in [0.05, 0.1) is 6.61 Å². The standard InChI is InChI=1S/C16H14N2O2S/c17-15(21)11-2-1-3-13(9-11)18-16(19)12-4-5-14-10(8-12)6-7-20-14/h1-5,8-9H,6-7H2,(H2,17,21)(H,18,19). The van der Waals surface area contributed by atoms with Crippen LogP contribution in [0.25, 0.3) is 0 Å². The number of rotatable bonds is 3. The predicted octanol–water partition coefficient (Wildman–Crippen LogP) is 2.51. The highest BCUT2D eigenvalue weighted by Gasteiger charge is 2.15. The van der Waals surface area contributed by atoms with Gasteiger partial charge in [-0.3, -0.25) is 4.79 Å². The highest BCUT2D eigenvalue weighted by molar-refractivity contribution is 7.80. The molecule has 106 valence electrons. The number of fused-ring (bicyclic) bond motifs is 1. The minimum atomic E-state index is -0.162. The van der Waals surface area contributed by atoms with E-state index in [1.165, 1.54) is 0 Å². The van der Waals surface area contributed by atoms with E-state index >= 15 is 0 Å². The second-order valence-corrected chi connectivity index (χ2v) is 5.26. The number of hydrogen-bond acceptors (Lipinski definition) is 3. The number of amides is 1. The minimum absolute atomic E-state index is 0.162. The molecule has 0 fully saturated rings. The number of thiocarbonyl (C=S) groups is 1. The Balaban J connectivity index is 1.80. The molecule has 0 radical (unpaired) electrons. The Morgan fingerprint density at radius 3 is 2.86 bits per heavy atom. The molecule has 1 amide bonds. The number of hydrogen-bond donors (Lipinski definition) is 2. The van der Waals surface area contributed by atoms with Crippen molar-refractivity contribution in [2.24, 2.45) is 5.73 Å². The quantitative estimate of drug-likeness (QED) is 0.855. The molecule has 21 heavy (non-hydrogen) atoms. The lowest BCUT2D eigenvalue weighted by atomic mass is 10.1. The van der Waals surface area contributed by atoms with E-state index in [1.807, 2.05) is 18.2 Å². The Morgan fingerprint density at radius 1 is 1.19 bits per heavy atom. The van der Waals surface area contributed by atoms with Gasteiger partial charge >= 0.3 is 0 Å². The van der Waals surface area contributed by atoms with E-state index in [1.54, 1.807) is 24.3 Å². The van der Waals surface area contributed by atoms with Crippen molar-refractivity contribution in [2.45, 2.75) is 6.42 Å². The molecule has 0 bridgehead atoms. The fourth-order valence-corrected chi connectivity index (χ4v) is 2.41. The SMILES string of the molecule is NC(=S)c1cccc(NC(=O)c2ccc3c(c2)CCO3)c1. The van der Waals surface area contributed by atoms with Gasteiger partial charge in [0.15, 0.2) is 0 Å². The van der Waals surface area contributed by atoms with Crippen molar-refractivity contribution >= 4 is 28.8 Å². The van der Waals surface area contributed by atoms with Gasteiger partial charge < -0.3 is 15.8 Å². The summed E-state index contributed by atoms with van der Waals surface area (Å²) in [5.41, 5.74) is 8.67. The molecule has 2 aromatic carbocycles. The maximum Gasteiger partial charge on any atom is 0.255 e. The number of carbonyl (C=O) groups excluding carboxylic acids is 1. The molecule has 1 aliphatic heterocycles.